The number of morpholine rings is 1. The monoisotopic (exact) mass is 154 g/mol. The zero-order valence-electron chi connectivity index (χ0n) is 6.75. The topological polar surface area (TPSA) is 16.8 Å². The lowest BCUT2D eigenvalue weighted by atomic mass is 10.3. The maximum atomic E-state index is 6.60. The van der Waals surface area contributed by atoms with Crippen molar-refractivity contribution >= 4 is 0 Å². The van der Waals surface area contributed by atoms with E-state index in [0.29, 0.717) is 6.54 Å². The molecule has 0 N–H and O–H groups in total. The molecule has 62 valence electrons. The maximum Gasteiger partial charge on any atom is 0.215 e. The fourth-order valence-electron chi connectivity index (χ4n) is 1.20. The van der Waals surface area contributed by atoms with Crippen LogP contribution in [0.4, 0.5) is 0 Å². The van der Waals surface area contributed by atoms with E-state index in [9.17, 15) is 0 Å². The van der Waals surface area contributed by atoms with E-state index in [2.05, 4.69) is 9.74 Å². The molecule has 0 unspecified atom stereocenters. The van der Waals surface area contributed by atoms with Gasteiger partial charge in [0.2, 0.25) is 6.54 Å². The van der Waals surface area contributed by atoms with Crippen LogP contribution < -0.4 is 0 Å². The molecular weight excluding hydrogens is 140 g/mol. The van der Waals surface area contributed by atoms with Crippen molar-refractivity contribution in [2.45, 2.75) is 6.42 Å². The van der Waals surface area contributed by atoms with Gasteiger partial charge in [-0.3, -0.25) is 4.90 Å². The highest BCUT2D eigenvalue weighted by atomic mass is 16.5. The number of hydrogen-bond acceptors (Lipinski definition) is 2. The number of ether oxygens (including phenoxy) is 1. The van der Waals surface area contributed by atoms with Crippen LogP contribution in [0.3, 0.4) is 0 Å². The molecule has 0 saturated carbocycles. The van der Waals surface area contributed by atoms with Gasteiger partial charge < -0.3 is 9.58 Å². The highest BCUT2D eigenvalue weighted by Crippen LogP contribution is 1.97. The Bertz CT molecular complexity index is 136. The lowest BCUT2D eigenvalue weighted by Gasteiger charge is -2.25. The predicted molar refractivity (Wildman–Crippen MR) is 43.3 cm³/mol. The van der Waals surface area contributed by atoms with E-state index in [4.69, 9.17) is 11.3 Å². The van der Waals surface area contributed by atoms with E-state index < -0.39 is 0 Å². The average Bonchev–Trinajstić information content (AvgIpc) is 2.07. The third kappa shape index (κ3) is 3.35. The molecule has 0 aromatic carbocycles. The Morgan fingerprint density at radius 3 is 2.73 bits per heavy atom. The van der Waals surface area contributed by atoms with Crippen LogP contribution >= 0.6 is 0 Å². The fourth-order valence-corrected chi connectivity index (χ4v) is 1.20. The highest BCUT2D eigenvalue weighted by Gasteiger charge is 2.09. The van der Waals surface area contributed by atoms with Crippen molar-refractivity contribution in [3.8, 4) is 0 Å². The zero-order valence-corrected chi connectivity index (χ0v) is 6.75. The molecule has 0 atom stereocenters. The van der Waals surface area contributed by atoms with Gasteiger partial charge in [0, 0.05) is 26.1 Å². The Balaban J connectivity index is 2.01. The summed E-state index contributed by atoms with van der Waals surface area (Å²) in [6, 6.07) is 0. The minimum Gasteiger partial charge on any atom is -0.379 e. The molecule has 11 heavy (non-hydrogen) atoms. The SMILES string of the molecule is [C-]#[N+]CCCN1CCOCC1. The molecule has 1 aliphatic heterocycles. The molecule has 0 aliphatic carbocycles. The standard InChI is InChI=1S/C8H14N2O/c1-9-3-2-4-10-5-7-11-8-6-10/h2-8H2. The second-order valence-corrected chi connectivity index (χ2v) is 2.69. The van der Waals surface area contributed by atoms with Crippen LogP contribution in [-0.2, 0) is 4.74 Å². The predicted octanol–water partition coefficient (Wildman–Crippen LogP) is 0.628. The first-order chi connectivity index (χ1) is 5.43. The van der Waals surface area contributed by atoms with E-state index >= 15 is 0 Å². The first-order valence-corrected chi connectivity index (χ1v) is 4.07. The van der Waals surface area contributed by atoms with Crippen molar-refractivity contribution < 1.29 is 4.74 Å². The molecule has 1 saturated heterocycles. The Morgan fingerprint density at radius 1 is 1.36 bits per heavy atom. The van der Waals surface area contributed by atoms with Crippen LogP contribution in [0.25, 0.3) is 4.85 Å². The van der Waals surface area contributed by atoms with Crippen LogP contribution in [-0.4, -0.2) is 44.3 Å². The van der Waals surface area contributed by atoms with Gasteiger partial charge in [0.25, 0.3) is 0 Å². The van der Waals surface area contributed by atoms with Crippen molar-refractivity contribution in [3.63, 3.8) is 0 Å². The molecule has 0 aromatic heterocycles. The van der Waals surface area contributed by atoms with Crippen LogP contribution in [0.5, 0.6) is 0 Å². The minimum atomic E-state index is 0.664. The van der Waals surface area contributed by atoms with Gasteiger partial charge in [-0.2, -0.15) is 0 Å². The van der Waals surface area contributed by atoms with Gasteiger partial charge in [-0.1, -0.05) is 0 Å². The van der Waals surface area contributed by atoms with Gasteiger partial charge in [0.05, 0.1) is 13.2 Å². The van der Waals surface area contributed by atoms with E-state index in [1.165, 1.54) is 0 Å². The van der Waals surface area contributed by atoms with Crippen molar-refractivity contribution in [2.75, 3.05) is 39.4 Å². The van der Waals surface area contributed by atoms with Gasteiger partial charge in [-0.15, -0.1) is 0 Å². The van der Waals surface area contributed by atoms with Crippen LogP contribution in [0, 0.1) is 6.57 Å². The number of hydrogen-bond donors (Lipinski definition) is 0. The van der Waals surface area contributed by atoms with Crippen molar-refractivity contribution in [3.05, 3.63) is 11.4 Å². The third-order valence-electron chi connectivity index (χ3n) is 1.85. The Morgan fingerprint density at radius 2 is 2.09 bits per heavy atom. The summed E-state index contributed by atoms with van der Waals surface area (Å²) in [5, 5.41) is 0. The molecule has 0 amide bonds. The summed E-state index contributed by atoms with van der Waals surface area (Å²) < 4.78 is 5.20. The van der Waals surface area contributed by atoms with Crippen molar-refractivity contribution in [1.29, 1.82) is 0 Å². The molecule has 1 fully saturated rings. The van der Waals surface area contributed by atoms with Gasteiger partial charge in [0.1, 0.15) is 0 Å². The Kier molecular flexibility index (Phi) is 3.95. The summed E-state index contributed by atoms with van der Waals surface area (Å²) >= 11 is 0. The lowest BCUT2D eigenvalue weighted by molar-refractivity contribution is 0.0379. The maximum absolute atomic E-state index is 6.60. The summed E-state index contributed by atoms with van der Waals surface area (Å²) in [7, 11) is 0. The van der Waals surface area contributed by atoms with Crippen LogP contribution in [0.15, 0.2) is 0 Å². The lowest BCUT2D eigenvalue weighted by Crippen LogP contribution is -2.36. The van der Waals surface area contributed by atoms with Gasteiger partial charge in [-0.25, -0.2) is 6.57 Å². The first kappa shape index (κ1) is 8.51. The average molecular weight is 154 g/mol. The molecule has 0 aromatic rings. The van der Waals surface area contributed by atoms with Crippen LogP contribution in [0.1, 0.15) is 6.42 Å². The summed E-state index contributed by atoms with van der Waals surface area (Å²) in [5.74, 6) is 0. The van der Waals surface area contributed by atoms with Crippen molar-refractivity contribution in [1.82, 2.24) is 4.90 Å². The van der Waals surface area contributed by atoms with Crippen LogP contribution in [0.2, 0.25) is 0 Å². The molecule has 0 radical (unpaired) electrons. The molecule has 1 heterocycles. The Hall–Kier alpha value is -0.590. The summed E-state index contributed by atoms with van der Waals surface area (Å²) in [4.78, 5) is 5.67. The zero-order chi connectivity index (χ0) is 7.94. The Labute approximate surface area is 67.8 Å². The van der Waals surface area contributed by atoms with Crippen molar-refractivity contribution in [2.24, 2.45) is 0 Å². The van der Waals surface area contributed by atoms with E-state index in [-0.39, 0.29) is 0 Å². The second-order valence-electron chi connectivity index (χ2n) is 2.69. The number of rotatable bonds is 3. The quantitative estimate of drug-likeness (QED) is 0.438. The molecular formula is C8H14N2O. The molecule has 3 heteroatoms. The van der Waals surface area contributed by atoms with Gasteiger partial charge in [0.15, 0.2) is 0 Å². The molecule has 1 aliphatic rings. The van der Waals surface area contributed by atoms with E-state index in [0.717, 1.165) is 39.3 Å². The van der Waals surface area contributed by atoms with Gasteiger partial charge >= 0.3 is 0 Å². The largest absolute Gasteiger partial charge is 0.379 e. The fraction of sp³-hybridized carbons (Fsp3) is 0.875. The summed E-state index contributed by atoms with van der Waals surface area (Å²) in [6.07, 6.45) is 1.00. The van der Waals surface area contributed by atoms with E-state index in [1.54, 1.807) is 0 Å². The summed E-state index contributed by atoms with van der Waals surface area (Å²) in [6.45, 7) is 12.1. The smallest absolute Gasteiger partial charge is 0.215 e. The molecule has 1 rings (SSSR count). The second kappa shape index (κ2) is 5.11. The minimum absolute atomic E-state index is 0.664. The normalized spacial score (nSPS) is 19.5. The van der Waals surface area contributed by atoms with E-state index in [1.807, 2.05) is 0 Å². The third-order valence-corrected chi connectivity index (χ3v) is 1.85. The molecule has 3 nitrogen and oxygen atoms in total. The molecule has 0 bridgehead atoms. The molecule has 0 spiro atoms. The van der Waals surface area contributed by atoms with Gasteiger partial charge in [-0.05, 0) is 0 Å². The first-order valence-electron chi connectivity index (χ1n) is 4.07. The highest BCUT2D eigenvalue weighted by molar-refractivity contribution is 4.65. The number of nitrogens with zero attached hydrogens (tertiary/aromatic N) is 2. The summed E-state index contributed by atoms with van der Waals surface area (Å²) in [5.41, 5.74) is 0.